The van der Waals surface area contributed by atoms with Gasteiger partial charge in [-0.1, -0.05) is 0 Å². The Bertz CT molecular complexity index is 277. The third-order valence-electron chi connectivity index (χ3n) is 4.69. The molecule has 4 heteroatoms. The maximum Gasteiger partial charge on any atom is 0.278 e. The van der Waals surface area contributed by atoms with E-state index in [1.54, 1.807) is 4.90 Å². The molecule has 0 aliphatic carbocycles. The highest BCUT2D eigenvalue weighted by atomic mass is 16.2. The number of carbonyl (C=O) groups excluding carboxylic acids is 1. The highest BCUT2D eigenvalue weighted by molar-refractivity contribution is 5.77. The molecule has 104 valence electrons. The molecule has 0 spiro atoms. The van der Waals surface area contributed by atoms with Gasteiger partial charge in [-0.15, -0.1) is 0 Å². The van der Waals surface area contributed by atoms with Crippen LogP contribution in [0.3, 0.4) is 0 Å². The zero-order valence-electron chi connectivity index (χ0n) is 12.2. The molecule has 4 nitrogen and oxygen atoms in total. The quantitative estimate of drug-likeness (QED) is 0.598. The van der Waals surface area contributed by atoms with Gasteiger partial charge in [-0.25, -0.2) is 0 Å². The van der Waals surface area contributed by atoms with Gasteiger partial charge in [0.05, 0.1) is 7.05 Å². The van der Waals surface area contributed by atoms with E-state index < -0.39 is 0 Å². The standard InChI is InChI=1S/C14H27N3O/c1-12-5-4-6-13(2)17(12)14(18)11-16-9-7-15(3)8-10-16/h12-13H,4-11H2,1-3H3/p+2/t12-,13-/m0/s1. The molecule has 2 saturated heterocycles. The summed E-state index contributed by atoms with van der Waals surface area (Å²) in [5.41, 5.74) is 0. The SMILES string of the molecule is C[C@H]1CCC[C@H](C)N1C(=O)C[NH+]1CC[NH+](C)CC1. The minimum absolute atomic E-state index is 0.379. The molecule has 0 saturated carbocycles. The number of nitrogens with one attached hydrogen (secondary N) is 2. The van der Waals surface area contributed by atoms with E-state index in [0.29, 0.717) is 24.5 Å². The van der Waals surface area contributed by atoms with Crippen molar-refractivity contribution in [2.24, 2.45) is 0 Å². The highest BCUT2D eigenvalue weighted by Gasteiger charge is 2.32. The fourth-order valence-corrected chi connectivity index (χ4v) is 3.43. The summed E-state index contributed by atoms with van der Waals surface area (Å²) < 4.78 is 0. The number of quaternary nitrogens is 2. The van der Waals surface area contributed by atoms with Crippen LogP contribution in [-0.2, 0) is 4.79 Å². The number of hydrogen-bond donors (Lipinski definition) is 2. The van der Waals surface area contributed by atoms with Crippen LogP contribution in [0.1, 0.15) is 33.1 Å². The molecule has 2 aliphatic heterocycles. The zero-order chi connectivity index (χ0) is 13.1. The van der Waals surface area contributed by atoms with E-state index in [4.69, 9.17) is 0 Å². The molecule has 0 radical (unpaired) electrons. The molecule has 2 heterocycles. The number of amides is 1. The number of likely N-dealkylation sites (tertiary alicyclic amines) is 1. The Morgan fingerprint density at radius 2 is 1.67 bits per heavy atom. The largest absolute Gasteiger partial charge is 0.332 e. The average Bonchev–Trinajstić information content (AvgIpc) is 2.32. The Balaban J connectivity index is 1.86. The first kappa shape index (κ1) is 13.8. The Labute approximate surface area is 111 Å². The summed E-state index contributed by atoms with van der Waals surface area (Å²) >= 11 is 0. The number of piperidine rings is 1. The molecular formula is C14H29N3O+2. The van der Waals surface area contributed by atoms with Gasteiger partial charge >= 0.3 is 0 Å². The van der Waals surface area contributed by atoms with E-state index >= 15 is 0 Å². The van der Waals surface area contributed by atoms with Crippen molar-refractivity contribution in [1.82, 2.24) is 4.90 Å². The van der Waals surface area contributed by atoms with Crippen molar-refractivity contribution in [3.05, 3.63) is 0 Å². The van der Waals surface area contributed by atoms with Gasteiger partial charge in [0.1, 0.15) is 26.2 Å². The van der Waals surface area contributed by atoms with Crippen LogP contribution >= 0.6 is 0 Å². The van der Waals surface area contributed by atoms with Crippen molar-refractivity contribution in [3.8, 4) is 0 Å². The normalized spacial score (nSPS) is 37.6. The lowest BCUT2D eigenvalue weighted by Crippen LogP contribution is -3.27. The van der Waals surface area contributed by atoms with Crippen molar-refractivity contribution in [1.29, 1.82) is 0 Å². The van der Waals surface area contributed by atoms with Gasteiger partial charge in [0, 0.05) is 12.1 Å². The number of piperazine rings is 1. The zero-order valence-corrected chi connectivity index (χ0v) is 12.2. The molecule has 2 N–H and O–H groups in total. The number of carbonyl (C=O) groups is 1. The van der Waals surface area contributed by atoms with E-state index in [1.165, 1.54) is 37.3 Å². The Morgan fingerprint density at radius 1 is 1.11 bits per heavy atom. The Morgan fingerprint density at radius 3 is 2.22 bits per heavy atom. The number of nitrogens with zero attached hydrogens (tertiary/aromatic N) is 1. The fourth-order valence-electron chi connectivity index (χ4n) is 3.43. The number of rotatable bonds is 2. The molecule has 0 aromatic heterocycles. The van der Waals surface area contributed by atoms with Crippen LogP contribution in [0.2, 0.25) is 0 Å². The van der Waals surface area contributed by atoms with E-state index in [9.17, 15) is 4.79 Å². The maximum absolute atomic E-state index is 12.5. The van der Waals surface area contributed by atoms with Crippen LogP contribution in [0, 0.1) is 0 Å². The second-order valence-electron chi connectivity index (χ2n) is 6.31. The van der Waals surface area contributed by atoms with Gasteiger partial charge in [0.15, 0.2) is 6.54 Å². The maximum atomic E-state index is 12.5. The summed E-state index contributed by atoms with van der Waals surface area (Å²) in [6.07, 6.45) is 3.63. The fraction of sp³-hybridized carbons (Fsp3) is 0.929. The molecule has 0 bridgehead atoms. The Hall–Kier alpha value is -0.610. The Kier molecular flexibility index (Phi) is 4.62. The number of likely N-dealkylation sites (N-methyl/N-ethyl adjacent to an activating group) is 1. The predicted molar refractivity (Wildman–Crippen MR) is 71.8 cm³/mol. The van der Waals surface area contributed by atoms with Crippen molar-refractivity contribution >= 4 is 5.91 Å². The molecule has 0 unspecified atom stereocenters. The van der Waals surface area contributed by atoms with Gasteiger partial charge in [-0.3, -0.25) is 4.79 Å². The monoisotopic (exact) mass is 255 g/mol. The lowest BCUT2D eigenvalue weighted by Gasteiger charge is -2.39. The van der Waals surface area contributed by atoms with Crippen LogP contribution < -0.4 is 9.80 Å². The molecule has 18 heavy (non-hydrogen) atoms. The van der Waals surface area contributed by atoms with Crippen molar-refractivity contribution in [3.63, 3.8) is 0 Å². The van der Waals surface area contributed by atoms with Crippen molar-refractivity contribution in [2.45, 2.75) is 45.2 Å². The van der Waals surface area contributed by atoms with E-state index in [1.807, 2.05) is 0 Å². The second-order valence-corrected chi connectivity index (χ2v) is 6.31. The van der Waals surface area contributed by atoms with Gasteiger partial charge < -0.3 is 14.7 Å². The van der Waals surface area contributed by atoms with Crippen molar-refractivity contribution in [2.75, 3.05) is 39.8 Å². The van der Waals surface area contributed by atoms with E-state index in [-0.39, 0.29) is 0 Å². The third kappa shape index (κ3) is 3.23. The first-order valence-electron chi connectivity index (χ1n) is 7.54. The van der Waals surface area contributed by atoms with Crippen LogP contribution in [-0.4, -0.2) is 62.7 Å². The second kappa shape index (κ2) is 6.02. The summed E-state index contributed by atoms with van der Waals surface area (Å²) in [5, 5.41) is 0. The molecule has 2 atom stereocenters. The van der Waals surface area contributed by atoms with Gasteiger partial charge in [0.25, 0.3) is 5.91 Å². The van der Waals surface area contributed by atoms with Crippen molar-refractivity contribution < 1.29 is 14.6 Å². The van der Waals surface area contributed by atoms with E-state index in [0.717, 1.165) is 13.1 Å². The van der Waals surface area contributed by atoms with Crippen LogP contribution in [0.25, 0.3) is 0 Å². The van der Waals surface area contributed by atoms with Crippen LogP contribution in [0.15, 0.2) is 0 Å². The first-order valence-corrected chi connectivity index (χ1v) is 7.54. The molecule has 0 aromatic rings. The summed E-state index contributed by atoms with van der Waals surface area (Å²) in [7, 11) is 2.24. The molecule has 2 fully saturated rings. The minimum Gasteiger partial charge on any atom is -0.332 e. The summed E-state index contributed by atoms with van der Waals surface area (Å²) in [6, 6.07) is 0.887. The lowest BCUT2D eigenvalue weighted by molar-refractivity contribution is -1.000. The van der Waals surface area contributed by atoms with Gasteiger partial charge in [-0.05, 0) is 33.1 Å². The average molecular weight is 255 g/mol. The molecule has 2 rings (SSSR count). The molecule has 2 aliphatic rings. The molecular weight excluding hydrogens is 226 g/mol. The van der Waals surface area contributed by atoms with Crippen LogP contribution in [0.4, 0.5) is 0 Å². The van der Waals surface area contributed by atoms with E-state index in [2.05, 4.69) is 25.8 Å². The number of hydrogen-bond acceptors (Lipinski definition) is 1. The van der Waals surface area contributed by atoms with Gasteiger partial charge in [0.2, 0.25) is 0 Å². The third-order valence-corrected chi connectivity index (χ3v) is 4.69. The lowest BCUT2D eigenvalue weighted by atomic mass is 9.97. The smallest absolute Gasteiger partial charge is 0.278 e. The predicted octanol–water partition coefficient (Wildman–Crippen LogP) is -1.81. The summed E-state index contributed by atoms with van der Waals surface area (Å²) in [4.78, 5) is 17.7. The summed E-state index contributed by atoms with van der Waals surface area (Å²) in [5.74, 6) is 0.379. The molecule has 1 amide bonds. The first-order chi connectivity index (χ1) is 8.58. The molecule has 0 aromatic carbocycles. The summed E-state index contributed by atoms with van der Waals surface area (Å²) in [6.45, 7) is 9.82. The van der Waals surface area contributed by atoms with Crippen LogP contribution in [0.5, 0.6) is 0 Å². The highest BCUT2D eigenvalue weighted by Crippen LogP contribution is 2.21. The van der Waals surface area contributed by atoms with Gasteiger partial charge in [-0.2, -0.15) is 0 Å². The minimum atomic E-state index is 0.379. The topological polar surface area (TPSA) is 29.2 Å².